The summed E-state index contributed by atoms with van der Waals surface area (Å²) in [6.45, 7) is 7.56. The predicted molar refractivity (Wildman–Crippen MR) is 75.3 cm³/mol. The third kappa shape index (κ3) is 5.50. The van der Waals surface area contributed by atoms with Crippen molar-refractivity contribution in [2.75, 3.05) is 13.7 Å². The molecule has 1 aromatic carbocycles. The number of nitrogens with two attached hydrogens (primary N) is 1. The minimum absolute atomic E-state index is 0.440. The van der Waals surface area contributed by atoms with Crippen LogP contribution in [-0.2, 0) is 17.9 Å². The molecule has 18 heavy (non-hydrogen) atoms. The Balaban J connectivity index is 2.53. The van der Waals surface area contributed by atoms with Crippen molar-refractivity contribution in [1.29, 1.82) is 0 Å². The molecule has 0 aliphatic rings. The van der Waals surface area contributed by atoms with Crippen molar-refractivity contribution in [2.24, 2.45) is 10.7 Å². The minimum Gasteiger partial charge on any atom is -0.380 e. The van der Waals surface area contributed by atoms with Gasteiger partial charge in [0.15, 0.2) is 5.96 Å². The molecule has 0 saturated heterocycles. The van der Waals surface area contributed by atoms with Gasteiger partial charge in [-0.2, -0.15) is 0 Å². The van der Waals surface area contributed by atoms with E-state index in [4.69, 9.17) is 10.5 Å². The van der Waals surface area contributed by atoms with Crippen LogP contribution in [0.4, 0.5) is 0 Å². The van der Waals surface area contributed by atoms with Crippen molar-refractivity contribution in [3.63, 3.8) is 0 Å². The maximum absolute atomic E-state index is 5.74. The van der Waals surface area contributed by atoms with Gasteiger partial charge < -0.3 is 15.8 Å². The monoisotopic (exact) mass is 247 g/mol. The Morgan fingerprint density at radius 1 is 1.44 bits per heavy atom. The number of benzene rings is 1. The lowest BCUT2D eigenvalue weighted by molar-refractivity contribution is 0.185. The van der Waals surface area contributed by atoms with Gasteiger partial charge in [-0.15, -0.1) is 0 Å². The number of methoxy groups -OCH3 is 1. The number of hydrogen-bond acceptors (Lipinski definition) is 2. The zero-order chi connectivity index (χ0) is 13.4. The molecule has 0 heterocycles. The van der Waals surface area contributed by atoms with Crippen molar-refractivity contribution in [1.82, 2.24) is 5.32 Å². The Hall–Kier alpha value is -1.81. The van der Waals surface area contributed by atoms with Crippen LogP contribution in [0.15, 0.2) is 41.4 Å². The zero-order valence-electron chi connectivity index (χ0n) is 11.1. The summed E-state index contributed by atoms with van der Waals surface area (Å²) in [7, 11) is 1.68. The van der Waals surface area contributed by atoms with Crippen molar-refractivity contribution >= 4 is 5.96 Å². The van der Waals surface area contributed by atoms with Crippen molar-refractivity contribution in [3.05, 3.63) is 47.5 Å². The zero-order valence-corrected chi connectivity index (χ0v) is 11.1. The van der Waals surface area contributed by atoms with E-state index >= 15 is 0 Å². The van der Waals surface area contributed by atoms with Crippen LogP contribution in [0.3, 0.4) is 0 Å². The van der Waals surface area contributed by atoms with Gasteiger partial charge in [0.2, 0.25) is 0 Å². The smallest absolute Gasteiger partial charge is 0.189 e. The Kier molecular flexibility index (Phi) is 5.94. The van der Waals surface area contributed by atoms with Gasteiger partial charge in [0, 0.05) is 13.7 Å². The highest BCUT2D eigenvalue weighted by molar-refractivity contribution is 5.78. The molecule has 4 nitrogen and oxygen atoms in total. The molecule has 0 amide bonds. The normalized spacial score (nSPS) is 11.3. The molecule has 0 radical (unpaired) electrons. The lowest BCUT2D eigenvalue weighted by atomic mass is 10.1. The minimum atomic E-state index is 0.440. The molecular weight excluding hydrogens is 226 g/mol. The third-order valence-electron chi connectivity index (χ3n) is 2.31. The first-order valence-corrected chi connectivity index (χ1v) is 5.86. The van der Waals surface area contributed by atoms with Crippen LogP contribution in [0.25, 0.3) is 0 Å². The van der Waals surface area contributed by atoms with Crippen LogP contribution in [0.2, 0.25) is 0 Å². The van der Waals surface area contributed by atoms with Gasteiger partial charge in [0.1, 0.15) is 0 Å². The maximum Gasteiger partial charge on any atom is 0.189 e. The highest BCUT2D eigenvalue weighted by Gasteiger charge is 1.96. The standard InChI is InChI=1S/C14H21N3O/c1-11(2)8-16-14(15)17-9-12-5-4-6-13(7-12)10-18-3/h4-7H,1,8-10H2,2-3H3,(H3,15,16,17). The molecule has 0 fully saturated rings. The van der Waals surface area contributed by atoms with Crippen LogP contribution in [0.5, 0.6) is 0 Å². The molecule has 0 aliphatic carbocycles. The molecule has 98 valence electrons. The number of rotatable bonds is 6. The average molecular weight is 247 g/mol. The van der Waals surface area contributed by atoms with E-state index in [1.807, 2.05) is 25.1 Å². The van der Waals surface area contributed by atoms with E-state index in [9.17, 15) is 0 Å². The predicted octanol–water partition coefficient (Wildman–Crippen LogP) is 1.81. The van der Waals surface area contributed by atoms with Crippen molar-refractivity contribution in [2.45, 2.75) is 20.1 Å². The Labute approximate surface area is 109 Å². The van der Waals surface area contributed by atoms with Crippen LogP contribution < -0.4 is 11.1 Å². The van der Waals surface area contributed by atoms with Gasteiger partial charge >= 0.3 is 0 Å². The van der Waals surface area contributed by atoms with Crippen molar-refractivity contribution in [3.8, 4) is 0 Å². The van der Waals surface area contributed by atoms with E-state index in [1.54, 1.807) is 7.11 Å². The first-order chi connectivity index (χ1) is 8.61. The largest absolute Gasteiger partial charge is 0.380 e. The van der Waals surface area contributed by atoms with E-state index in [-0.39, 0.29) is 0 Å². The van der Waals surface area contributed by atoms with Crippen LogP contribution in [0.1, 0.15) is 18.1 Å². The summed E-state index contributed by atoms with van der Waals surface area (Å²) >= 11 is 0. The van der Waals surface area contributed by atoms with Gasteiger partial charge in [0.25, 0.3) is 0 Å². The molecule has 1 rings (SSSR count). The summed E-state index contributed by atoms with van der Waals surface area (Å²) in [5, 5.41) is 3.00. The van der Waals surface area contributed by atoms with Crippen LogP contribution in [-0.4, -0.2) is 19.6 Å². The molecule has 0 spiro atoms. The Morgan fingerprint density at radius 3 is 2.83 bits per heavy atom. The van der Waals surface area contributed by atoms with Gasteiger partial charge in [-0.25, -0.2) is 4.99 Å². The summed E-state index contributed by atoms with van der Waals surface area (Å²) in [6, 6.07) is 8.11. The molecule has 0 aliphatic heterocycles. The summed E-state index contributed by atoms with van der Waals surface area (Å²) in [5.41, 5.74) is 9.02. The number of aliphatic imine (C=N–C) groups is 1. The highest BCUT2D eigenvalue weighted by Crippen LogP contribution is 2.07. The van der Waals surface area contributed by atoms with E-state index in [0.717, 1.165) is 16.7 Å². The molecule has 0 bridgehead atoms. The molecule has 0 saturated carbocycles. The fraction of sp³-hybridized carbons (Fsp3) is 0.357. The fourth-order valence-corrected chi connectivity index (χ4v) is 1.46. The molecular formula is C14H21N3O. The molecule has 0 unspecified atom stereocenters. The van der Waals surface area contributed by atoms with Crippen molar-refractivity contribution < 1.29 is 4.74 Å². The lowest BCUT2D eigenvalue weighted by Gasteiger charge is -2.06. The van der Waals surface area contributed by atoms with Crippen LogP contribution >= 0.6 is 0 Å². The highest BCUT2D eigenvalue weighted by atomic mass is 16.5. The molecule has 0 atom stereocenters. The number of guanidine groups is 1. The second-order valence-corrected chi connectivity index (χ2v) is 4.27. The van der Waals surface area contributed by atoms with Gasteiger partial charge in [-0.05, 0) is 18.1 Å². The lowest BCUT2D eigenvalue weighted by Crippen LogP contribution is -2.32. The number of nitrogens with zero attached hydrogens (tertiary/aromatic N) is 1. The summed E-state index contributed by atoms with van der Waals surface area (Å²) in [6.07, 6.45) is 0. The Bertz CT molecular complexity index is 427. The molecule has 3 N–H and O–H groups in total. The maximum atomic E-state index is 5.74. The van der Waals surface area contributed by atoms with E-state index in [2.05, 4.69) is 23.0 Å². The number of nitrogens with one attached hydrogen (secondary N) is 1. The molecule has 0 aromatic heterocycles. The summed E-state index contributed by atoms with van der Waals surface area (Å²) < 4.78 is 5.09. The molecule has 1 aromatic rings. The quantitative estimate of drug-likeness (QED) is 0.458. The van der Waals surface area contributed by atoms with Gasteiger partial charge in [-0.3, -0.25) is 0 Å². The Morgan fingerprint density at radius 2 is 2.17 bits per heavy atom. The van der Waals surface area contributed by atoms with Gasteiger partial charge in [-0.1, -0.05) is 36.4 Å². The first-order valence-electron chi connectivity index (χ1n) is 5.86. The van der Waals surface area contributed by atoms with E-state index in [1.165, 1.54) is 0 Å². The summed E-state index contributed by atoms with van der Waals surface area (Å²) in [5.74, 6) is 0.440. The molecule has 4 heteroatoms. The first kappa shape index (κ1) is 14.3. The summed E-state index contributed by atoms with van der Waals surface area (Å²) in [4.78, 5) is 4.27. The SMILES string of the molecule is C=C(C)CNC(N)=NCc1cccc(COC)c1. The second-order valence-electron chi connectivity index (χ2n) is 4.27. The fourth-order valence-electron chi connectivity index (χ4n) is 1.46. The van der Waals surface area contributed by atoms with Crippen LogP contribution in [0, 0.1) is 0 Å². The number of hydrogen-bond donors (Lipinski definition) is 2. The average Bonchev–Trinajstić information content (AvgIpc) is 2.35. The second kappa shape index (κ2) is 7.50. The number of ether oxygens (including phenoxy) is 1. The van der Waals surface area contributed by atoms with E-state index in [0.29, 0.717) is 25.7 Å². The topological polar surface area (TPSA) is 59.6 Å². The van der Waals surface area contributed by atoms with E-state index < -0.39 is 0 Å². The van der Waals surface area contributed by atoms with Gasteiger partial charge in [0.05, 0.1) is 13.2 Å². The third-order valence-corrected chi connectivity index (χ3v) is 2.31.